The summed E-state index contributed by atoms with van der Waals surface area (Å²) in [5.74, 6) is 0.208. The Balaban J connectivity index is 1.60. The Hall–Kier alpha value is -1.36. The van der Waals surface area contributed by atoms with Gasteiger partial charge in [-0.3, -0.25) is 9.48 Å². The van der Waals surface area contributed by atoms with Crippen LogP contribution in [0.4, 0.5) is 0 Å². The number of hydrogen-bond donors (Lipinski definition) is 1. The maximum Gasteiger partial charge on any atom is 0.227 e. The van der Waals surface area contributed by atoms with Crippen LogP contribution in [0.2, 0.25) is 0 Å². The van der Waals surface area contributed by atoms with Crippen molar-refractivity contribution in [3.8, 4) is 0 Å². The molecule has 1 amide bonds. The van der Waals surface area contributed by atoms with Gasteiger partial charge in [0.15, 0.2) is 0 Å². The van der Waals surface area contributed by atoms with Gasteiger partial charge in [0.2, 0.25) is 5.91 Å². The molecule has 0 aliphatic carbocycles. The topological polar surface area (TPSA) is 50.2 Å². The molecule has 2 aliphatic rings. The molecule has 2 fully saturated rings. The van der Waals surface area contributed by atoms with Gasteiger partial charge >= 0.3 is 0 Å². The molecule has 3 rings (SSSR count). The first kappa shape index (κ1) is 12.7. The first-order valence-electron chi connectivity index (χ1n) is 7.11. The van der Waals surface area contributed by atoms with Crippen molar-refractivity contribution < 1.29 is 4.79 Å². The highest BCUT2D eigenvalue weighted by atomic mass is 16.2. The van der Waals surface area contributed by atoms with Gasteiger partial charge < -0.3 is 10.2 Å². The van der Waals surface area contributed by atoms with Gasteiger partial charge in [0.05, 0.1) is 12.6 Å². The van der Waals surface area contributed by atoms with Crippen molar-refractivity contribution in [3.63, 3.8) is 0 Å². The molecule has 0 saturated carbocycles. The van der Waals surface area contributed by atoms with E-state index in [1.807, 2.05) is 25.2 Å². The number of rotatable bonds is 3. The number of amides is 1. The minimum atomic E-state index is 0.208. The van der Waals surface area contributed by atoms with E-state index in [0.29, 0.717) is 24.5 Å². The van der Waals surface area contributed by atoms with Crippen LogP contribution in [0.15, 0.2) is 12.4 Å². The maximum absolute atomic E-state index is 12.3. The molecule has 3 heterocycles. The SMILES string of the molecule is CN(C(=O)Cc1cnn(C)c1)C1CC2CCC(C1)N2. The summed E-state index contributed by atoms with van der Waals surface area (Å²) in [6.45, 7) is 0. The second-order valence-corrected chi connectivity index (χ2v) is 5.97. The zero-order valence-electron chi connectivity index (χ0n) is 11.7. The van der Waals surface area contributed by atoms with E-state index in [9.17, 15) is 4.79 Å². The molecule has 2 atom stereocenters. The highest BCUT2D eigenvalue weighted by Gasteiger charge is 2.36. The Morgan fingerprint density at radius 3 is 2.74 bits per heavy atom. The molecule has 1 aromatic heterocycles. The van der Waals surface area contributed by atoms with E-state index in [2.05, 4.69) is 10.4 Å². The Kier molecular flexibility index (Phi) is 3.31. The normalized spacial score (nSPS) is 29.5. The Morgan fingerprint density at radius 2 is 2.16 bits per heavy atom. The largest absolute Gasteiger partial charge is 0.342 e. The molecule has 2 unspecified atom stereocenters. The summed E-state index contributed by atoms with van der Waals surface area (Å²) in [6.07, 6.45) is 8.90. The van der Waals surface area contributed by atoms with E-state index in [1.165, 1.54) is 12.8 Å². The summed E-state index contributed by atoms with van der Waals surface area (Å²) in [6, 6.07) is 1.65. The first-order valence-corrected chi connectivity index (χ1v) is 7.11. The molecule has 104 valence electrons. The molecule has 0 radical (unpaired) electrons. The molecule has 1 N–H and O–H groups in total. The number of likely N-dealkylation sites (N-methyl/N-ethyl adjacent to an activating group) is 1. The van der Waals surface area contributed by atoms with Gasteiger partial charge in [0.1, 0.15) is 0 Å². The van der Waals surface area contributed by atoms with Crippen molar-refractivity contribution in [2.24, 2.45) is 7.05 Å². The lowest BCUT2D eigenvalue weighted by atomic mass is 9.98. The third kappa shape index (κ3) is 2.66. The van der Waals surface area contributed by atoms with Crippen LogP contribution < -0.4 is 5.32 Å². The van der Waals surface area contributed by atoms with Crippen molar-refractivity contribution in [3.05, 3.63) is 18.0 Å². The number of hydrogen-bond acceptors (Lipinski definition) is 3. The van der Waals surface area contributed by atoms with Gasteiger partial charge in [-0.1, -0.05) is 0 Å². The van der Waals surface area contributed by atoms with Gasteiger partial charge in [0, 0.05) is 38.4 Å². The second-order valence-electron chi connectivity index (χ2n) is 5.97. The number of carbonyl (C=O) groups is 1. The van der Waals surface area contributed by atoms with Crippen LogP contribution in [0.3, 0.4) is 0 Å². The highest BCUT2D eigenvalue weighted by molar-refractivity contribution is 5.78. The van der Waals surface area contributed by atoms with Crippen molar-refractivity contribution in [2.75, 3.05) is 7.05 Å². The fourth-order valence-electron chi connectivity index (χ4n) is 3.41. The van der Waals surface area contributed by atoms with Crippen LogP contribution >= 0.6 is 0 Å². The van der Waals surface area contributed by atoms with E-state index in [1.54, 1.807) is 10.9 Å². The molecular formula is C14H22N4O. The van der Waals surface area contributed by atoms with Gasteiger partial charge in [0.25, 0.3) is 0 Å². The third-order valence-corrected chi connectivity index (χ3v) is 4.50. The van der Waals surface area contributed by atoms with E-state index in [4.69, 9.17) is 0 Å². The maximum atomic E-state index is 12.3. The predicted molar refractivity (Wildman–Crippen MR) is 72.6 cm³/mol. The average molecular weight is 262 g/mol. The predicted octanol–water partition coefficient (Wildman–Crippen LogP) is 0.704. The van der Waals surface area contributed by atoms with Gasteiger partial charge in [-0.25, -0.2) is 0 Å². The Morgan fingerprint density at radius 1 is 1.47 bits per heavy atom. The summed E-state index contributed by atoms with van der Waals surface area (Å²) in [7, 11) is 3.83. The monoisotopic (exact) mass is 262 g/mol. The highest BCUT2D eigenvalue weighted by Crippen LogP contribution is 2.29. The molecule has 0 aromatic carbocycles. The number of fused-ring (bicyclic) bond motifs is 2. The molecule has 5 nitrogen and oxygen atoms in total. The number of nitrogens with zero attached hydrogens (tertiary/aromatic N) is 3. The van der Waals surface area contributed by atoms with E-state index >= 15 is 0 Å². The van der Waals surface area contributed by atoms with Crippen LogP contribution in [0.1, 0.15) is 31.2 Å². The van der Waals surface area contributed by atoms with Crippen molar-refractivity contribution in [1.82, 2.24) is 20.0 Å². The molecule has 5 heteroatoms. The van der Waals surface area contributed by atoms with Gasteiger partial charge in [-0.15, -0.1) is 0 Å². The lowest BCUT2D eigenvalue weighted by molar-refractivity contribution is -0.131. The second kappa shape index (κ2) is 4.96. The van der Waals surface area contributed by atoms with Crippen LogP contribution in [0.5, 0.6) is 0 Å². The fourth-order valence-corrected chi connectivity index (χ4v) is 3.41. The first-order chi connectivity index (χ1) is 9.11. The van der Waals surface area contributed by atoms with Crippen molar-refractivity contribution in [1.29, 1.82) is 0 Å². The minimum Gasteiger partial charge on any atom is -0.342 e. The standard InChI is InChI=1S/C14H22N4O/c1-17-9-10(8-15-17)5-14(19)18(2)13-6-11-3-4-12(7-13)16-11/h8-9,11-13,16H,3-7H2,1-2H3. The molecule has 1 aromatic rings. The number of aryl methyl sites for hydroxylation is 1. The molecule has 19 heavy (non-hydrogen) atoms. The van der Waals surface area contributed by atoms with Crippen LogP contribution in [-0.2, 0) is 18.3 Å². The fraction of sp³-hybridized carbons (Fsp3) is 0.714. The Labute approximate surface area is 114 Å². The lowest BCUT2D eigenvalue weighted by Gasteiger charge is -2.35. The summed E-state index contributed by atoms with van der Waals surface area (Å²) < 4.78 is 1.74. The third-order valence-electron chi connectivity index (χ3n) is 4.50. The Bertz CT molecular complexity index is 458. The van der Waals surface area contributed by atoms with Crippen molar-refractivity contribution in [2.45, 2.75) is 50.2 Å². The summed E-state index contributed by atoms with van der Waals surface area (Å²) in [4.78, 5) is 14.3. The summed E-state index contributed by atoms with van der Waals surface area (Å²) in [5.41, 5.74) is 0.997. The van der Waals surface area contributed by atoms with E-state index in [-0.39, 0.29) is 5.91 Å². The van der Waals surface area contributed by atoms with Crippen LogP contribution in [0, 0.1) is 0 Å². The lowest BCUT2D eigenvalue weighted by Crippen LogP contribution is -2.49. The van der Waals surface area contributed by atoms with Crippen molar-refractivity contribution >= 4 is 5.91 Å². The average Bonchev–Trinajstić information content (AvgIpc) is 2.94. The molecular weight excluding hydrogens is 240 g/mol. The summed E-state index contributed by atoms with van der Waals surface area (Å²) in [5, 5.41) is 7.73. The van der Waals surface area contributed by atoms with Gasteiger partial charge in [-0.05, 0) is 31.2 Å². The number of carbonyl (C=O) groups excluding carboxylic acids is 1. The number of aromatic nitrogens is 2. The van der Waals surface area contributed by atoms with Crippen LogP contribution in [0.25, 0.3) is 0 Å². The zero-order valence-corrected chi connectivity index (χ0v) is 11.7. The van der Waals surface area contributed by atoms with Crippen LogP contribution in [-0.4, -0.2) is 45.8 Å². The van der Waals surface area contributed by atoms with Gasteiger partial charge in [-0.2, -0.15) is 5.10 Å². The minimum absolute atomic E-state index is 0.208. The molecule has 0 spiro atoms. The summed E-state index contributed by atoms with van der Waals surface area (Å²) >= 11 is 0. The molecule has 2 saturated heterocycles. The van der Waals surface area contributed by atoms with E-state index in [0.717, 1.165) is 18.4 Å². The smallest absolute Gasteiger partial charge is 0.227 e. The van der Waals surface area contributed by atoms with E-state index < -0.39 is 0 Å². The quantitative estimate of drug-likeness (QED) is 0.872. The number of piperidine rings is 1. The number of nitrogens with one attached hydrogen (secondary N) is 1. The molecule has 2 bridgehead atoms. The molecule has 2 aliphatic heterocycles. The zero-order chi connectivity index (χ0) is 13.4.